The number of nitrogens with one attached hydrogen (secondary N) is 2. The van der Waals surface area contributed by atoms with Crippen LogP contribution in [0.5, 0.6) is 0 Å². The monoisotopic (exact) mass is 358 g/mol. The molecule has 1 amide bonds. The van der Waals surface area contributed by atoms with E-state index < -0.39 is 11.7 Å². The molecule has 2 aromatic carbocycles. The third-order valence-electron chi connectivity index (χ3n) is 4.44. The van der Waals surface area contributed by atoms with Crippen molar-refractivity contribution in [3.63, 3.8) is 0 Å². The molecule has 5 heteroatoms. The first-order chi connectivity index (χ1) is 12.1. The van der Waals surface area contributed by atoms with Gasteiger partial charge in [0.05, 0.1) is 5.56 Å². The van der Waals surface area contributed by atoms with E-state index in [1.165, 1.54) is 17.2 Å². The Bertz CT molecular complexity index is 832. The summed E-state index contributed by atoms with van der Waals surface area (Å²) >= 11 is 6.04. The van der Waals surface area contributed by atoms with Crippen molar-refractivity contribution in [2.75, 3.05) is 19.6 Å². The van der Waals surface area contributed by atoms with Crippen molar-refractivity contribution in [1.82, 2.24) is 10.6 Å². The molecule has 130 valence electrons. The van der Waals surface area contributed by atoms with E-state index in [9.17, 15) is 9.18 Å². The Balaban J connectivity index is 1.87. The highest BCUT2D eigenvalue weighted by Gasteiger charge is 2.19. The third-order valence-corrected chi connectivity index (χ3v) is 4.67. The molecule has 0 saturated heterocycles. The van der Waals surface area contributed by atoms with Crippen LogP contribution in [-0.2, 0) is 0 Å². The van der Waals surface area contributed by atoms with Crippen LogP contribution in [0.25, 0.3) is 11.1 Å². The molecule has 0 fully saturated rings. The van der Waals surface area contributed by atoms with Crippen molar-refractivity contribution in [1.29, 1.82) is 0 Å². The maximum atomic E-state index is 14.4. The average molecular weight is 359 g/mol. The Labute approximate surface area is 151 Å². The van der Waals surface area contributed by atoms with Crippen molar-refractivity contribution < 1.29 is 9.18 Å². The summed E-state index contributed by atoms with van der Waals surface area (Å²) in [4.78, 5) is 12.7. The van der Waals surface area contributed by atoms with Gasteiger partial charge in [-0.1, -0.05) is 41.4 Å². The lowest BCUT2D eigenvalue weighted by molar-refractivity contribution is 0.0953. The van der Waals surface area contributed by atoms with Crippen LogP contribution in [0.2, 0.25) is 5.02 Å². The number of amides is 1. The molecular formula is C20H20ClFN2O. The number of carbonyl (C=O) groups excluding carboxylic acids is 1. The highest BCUT2D eigenvalue weighted by Crippen LogP contribution is 2.28. The van der Waals surface area contributed by atoms with Crippen LogP contribution in [0.15, 0.2) is 53.6 Å². The molecule has 0 unspecified atom stereocenters. The summed E-state index contributed by atoms with van der Waals surface area (Å²) in [5.41, 5.74) is 3.74. The molecule has 0 aromatic heterocycles. The standard InChI is InChI=1S/C20H20ClFN2O/c1-13-11-23-9-8-15(13)12-24-20(25)19-17(6-3-7-18(19)22)14-4-2-5-16(21)10-14/h2-7,10,23H,8-9,11-12H2,1H3,(H,24,25). The van der Waals surface area contributed by atoms with Crippen LogP contribution in [0.4, 0.5) is 4.39 Å². The summed E-state index contributed by atoms with van der Waals surface area (Å²) in [7, 11) is 0. The van der Waals surface area contributed by atoms with Crippen molar-refractivity contribution in [3.05, 3.63) is 70.0 Å². The molecular weight excluding hydrogens is 339 g/mol. The van der Waals surface area contributed by atoms with Gasteiger partial charge in [-0.25, -0.2) is 4.39 Å². The van der Waals surface area contributed by atoms with Crippen molar-refractivity contribution in [2.45, 2.75) is 13.3 Å². The quantitative estimate of drug-likeness (QED) is 0.805. The largest absolute Gasteiger partial charge is 0.348 e. The van der Waals surface area contributed by atoms with Gasteiger partial charge in [0, 0.05) is 18.1 Å². The smallest absolute Gasteiger partial charge is 0.255 e. The van der Waals surface area contributed by atoms with Crippen LogP contribution in [0.1, 0.15) is 23.7 Å². The lowest BCUT2D eigenvalue weighted by Gasteiger charge is -2.20. The summed E-state index contributed by atoms with van der Waals surface area (Å²) in [6.07, 6.45) is 0.893. The number of hydrogen-bond acceptors (Lipinski definition) is 2. The van der Waals surface area contributed by atoms with Crippen LogP contribution < -0.4 is 10.6 Å². The first-order valence-electron chi connectivity index (χ1n) is 8.27. The summed E-state index contributed by atoms with van der Waals surface area (Å²) < 4.78 is 14.4. The van der Waals surface area contributed by atoms with Crippen LogP contribution in [0.3, 0.4) is 0 Å². The van der Waals surface area contributed by atoms with E-state index in [-0.39, 0.29) is 5.56 Å². The number of benzene rings is 2. The van der Waals surface area contributed by atoms with Crippen LogP contribution in [0, 0.1) is 5.82 Å². The van der Waals surface area contributed by atoms with Crippen molar-refractivity contribution in [3.8, 4) is 11.1 Å². The maximum Gasteiger partial charge on any atom is 0.255 e. The minimum atomic E-state index is -0.536. The molecule has 2 N–H and O–H groups in total. The highest BCUT2D eigenvalue weighted by molar-refractivity contribution is 6.30. The van der Waals surface area contributed by atoms with Gasteiger partial charge in [-0.3, -0.25) is 4.79 Å². The molecule has 2 aromatic rings. The number of halogens is 2. The minimum Gasteiger partial charge on any atom is -0.348 e. The van der Waals surface area contributed by atoms with E-state index in [0.717, 1.165) is 25.1 Å². The zero-order valence-electron chi connectivity index (χ0n) is 14.0. The Kier molecular flexibility index (Phi) is 5.51. The van der Waals surface area contributed by atoms with Gasteiger partial charge in [0.25, 0.3) is 5.91 Å². The zero-order chi connectivity index (χ0) is 17.8. The molecule has 3 rings (SSSR count). The summed E-state index contributed by atoms with van der Waals surface area (Å²) in [5.74, 6) is -0.946. The average Bonchev–Trinajstić information content (AvgIpc) is 2.60. The fraction of sp³-hybridized carbons (Fsp3) is 0.250. The molecule has 0 radical (unpaired) electrons. The maximum absolute atomic E-state index is 14.4. The molecule has 0 atom stereocenters. The van der Waals surface area contributed by atoms with E-state index in [4.69, 9.17) is 11.6 Å². The fourth-order valence-corrected chi connectivity index (χ4v) is 3.21. The Hall–Kier alpha value is -2.17. The third kappa shape index (κ3) is 4.09. The first-order valence-corrected chi connectivity index (χ1v) is 8.65. The molecule has 0 saturated carbocycles. The lowest BCUT2D eigenvalue weighted by Crippen LogP contribution is -2.32. The second-order valence-corrected chi connectivity index (χ2v) is 6.60. The SMILES string of the molecule is CC1=C(CNC(=O)c2c(F)cccc2-c2cccc(Cl)c2)CCNC1. The summed E-state index contributed by atoms with van der Waals surface area (Å²) in [5, 5.41) is 6.70. The lowest BCUT2D eigenvalue weighted by atomic mass is 9.98. The van der Waals surface area contributed by atoms with Gasteiger partial charge in [-0.2, -0.15) is 0 Å². The van der Waals surface area contributed by atoms with Gasteiger partial charge < -0.3 is 10.6 Å². The Morgan fingerprint density at radius 3 is 2.84 bits per heavy atom. The van der Waals surface area contributed by atoms with Gasteiger partial charge >= 0.3 is 0 Å². The Morgan fingerprint density at radius 1 is 1.28 bits per heavy atom. The van der Waals surface area contributed by atoms with Gasteiger partial charge in [0.15, 0.2) is 0 Å². The van der Waals surface area contributed by atoms with E-state index >= 15 is 0 Å². The number of rotatable bonds is 4. The second-order valence-electron chi connectivity index (χ2n) is 6.17. The van der Waals surface area contributed by atoms with Gasteiger partial charge in [-0.15, -0.1) is 0 Å². The molecule has 0 aliphatic carbocycles. The second kappa shape index (κ2) is 7.81. The highest BCUT2D eigenvalue weighted by atomic mass is 35.5. The summed E-state index contributed by atoms with van der Waals surface area (Å²) in [6, 6.07) is 11.7. The molecule has 25 heavy (non-hydrogen) atoms. The van der Waals surface area contributed by atoms with E-state index in [0.29, 0.717) is 17.1 Å². The van der Waals surface area contributed by atoms with Crippen molar-refractivity contribution in [2.24, 2.45) is 0 Å². The van der Waals surface area contributed by atoms with E-state index in [1.54, 1.807) is 30.3 Å². The summed E-state index contributed by atoms with van der Waals surface area (Å²) in [6.45, 7) is 4.22. The topological polar surface area (TPSA) is 41.1 Å². The molecule has 1 heterocycles. The fourth-order valence-electron chi connectivity index (χ4n) is 3.02. The van der Waals surface area contributed by atoms with Crippen molar-refractivity contribution >= 4 is 17.5 Å². The predicted molar refractivity (Wildman–Crippen MR) is 99.4 cm³/mol. The normalized spacial score (nSPS) is 14.5. The van der Waals surface area contributed by atoms with E-state index in [1.807, 2.05) is 13.0 Å². The molecule has 0 spiro atoms. The zero-order valence-corrected chi connectivity index (χ0v) is 14.8. The van der Waals surface area contributed by atoms with Crippen LogP contribution in [-0.4, -0.2) is 25.5 Å². The molecule has 3 nitrogen and oxygen atoms in total. The first kappa shape index (κ1) is 17.6. The number of carbonyl (C=O) groups is 1. The van der Waals surface area contributed by atoms with Gasteiger partial charge in [-0.05, 0) is 54.8 Å². The molecule has 1 aliphatic heterocycles. The Morgan fingerprint density at radius 2 is 2.08 bits per heavy atom. The predicted octanol–water partition coefficient (Wildman–Crippen LogP) is 4.19. The van der Waals surface area contributed by atoms with E-state index in [2.05, 4.69) is 10.6 Å². The minimum absolute atomic E-state index is 0.0527. The van der Waals surface area contributed by atoms with Crippen LogP contribution >= 0.6 is 11.6 Å². The number of hydrogen-bond donors (Lipinski definition) is 2. The molecule has 0 bridgehead atoms. The molecule has 1 aliphatic rings. The van der Waals surface area contributed by atoms with Gasteiger partial charge in [0.2, 0.25) is 0 Å². The van der Waals surface area contributed by atoms with Gasteiger partial charge in [0.1, 0.15) is 5.82 Å².